The molecule has 1 rings (SSSR count). The van der Waals surface area contributed by atoms with Gasteiger partial charge in [-0.25, -0.2) is 0 Å². The van der Waals surface area contributed by atoms with Crippen LogP contribution in [-0.4, -0.2) is 44.2 Å². The molecule has 20 heavy (non-hydrogen) atoms. The van der Waals surface area contributed by atoms with Gasteiger partial charge in [-0.05, 0) is 24.6 Å². The van der Waals surface area contributed by atoms with E-state index in [9.17, 15) is 5.11 Å². The van der Waals surface area contributed by atoms with Crippen molar-refractivity contribution in [3.63, 3.8) is 0 Å². The van der Waals surface area contributed by atoms with E-state index in [1.807, 2.05) is 31.2 Å². The number of nitrogens with one attached hydrogen (secondary N) is 1. The molecule has 5 nitrogen and oxygen atoms in total. The third kappa shape index (κ3) is 6.53. The number of aliphatic hydroxyl groups excluding tert-OH is 1. The van der Waals surface area contributed by atoms with Gasteiger partial charge < -0.3 is 19.9 Å². The van der Waals surface area contributed by atoms with Crippen molar-refractivity contribution < 1.29 is 14.6 Å². The summed E-state index contributed by atoms with van der Waals surface area (Å²) in [6.07, 6.45) is -0.193. The highest BCUT2D eigenvalue weighted by atomic mass is 16.5. The highest BCUT2D eigenvalue weighted by Crippen LogP contribution is 2.10. The van der Waals surface area contributed by atoms with E-state index in [4.69, 9.17) is 14.7 Å². The first-order valence-corrected chi connectivity index (χ1v) is 6.64. The van der Waals surface area contributed by atoms with Crippen molar-refractivity contribution in [1.29, 1.82) is 5.26 Å². The Labute approximate surface area is 120 Å². The molecule has 0 aliphatic carbocycles. The maximum Gasteiger partial charge on any atom is 0.0945 e. The summed E-state index contributed by atoms with van der Waals surface area (Å²) in [7, 11) is 1.62. The molecule has 1 aromatic rings. The molecule has 0 saturated heterocycles. The molecule has 2 unspecified atom stereocenters. The fourth-order valence-corrected chi connectivity index (χ4v) is 1.68. The Hall–Kier alpha value is -1.61. The SMILES string of the molecule is COCC(C)OCC(O)CNc1ccc(CC#N)cc1. The normalized spacial score (nSPS) is 13.5. The number of hydrogen-bond donors (Lipinski definition) is 2. The number of nitriles is 1. The molecule has 110 valence electrons. The number of nitrogens with zero attached hydrogens (tertiary/aromatic N) is 1. The highest BCUT2D eigenvalue weighted by Gasteiger charge is 2.07. The second-order valence-corrected chi connectivity index (χ2v) is 4.67. The minimum absolute atomic E-state index is 0.0279. The van der Waals surface area contributed by atoms with Crippen LogP contribution in [0.15, 0.2) is 24.3 Å². The Morgan fingerprint density at radius 2 is 2.00 bits per heavy atom. The van der Waals surface area contributed by atoms with E-state index >= 15 is 0 Å². The lowest BCUT2D eigenvalue weighted by molar-refractivity contribution is -0.0282. The van der Waals surface area contributed by atoms with Crippen LogP contribution in [0.3, 0.4) is 0 Å². The van der Waals surface area contributed by atoms with Crippen LogP contribution in [0.2, 0.25) is 0 Å². The summed E-state index contributed by atoms with van der Waals surface area (Å²) < 4.78 is 10.4. The van der Waals surface area contributed by atoms with Crippen molar-refractivity contribution in [2.24, 2.45) is 0 Å². The van der Waals surface area contributed by atoms with Crippen molar-refractivity contribution >= 4 is 5.69 Å². The van der Waals surface area contributed by atoms with E-state index in [0.29, 0.717) is 19.6 Å². The van der Waals surface area contributed by atoms with Gasteiger partial charge in [0.15, 0.2) is 0 Å². The van der Waals surface area contributed by atoms with Gasteiger partial charge in [-0.2, -0.15) is 5.26 Å². The van der Waals surface area contributed by atoms with Crippen LogP contribution < -0.4 is 5.32 Å². The Morgan fingerprint density at radius 3 is 2.60 bits per heavy atom. The number of ether oxygens (including phenoxy) is 2. The summed E-state index contributed by atoms with van der Waals surface area (Å²) in [5.74, 6) is 0. The summed E-state index contributed by atoms with van der Waals surface area (Å²) in [6.45, 7) is 3.10. The molecule has 2 atom stereocenters. The summed E-state index contributed by atoms with van der Waals surface area (Å²) in [4.78, 5) is 0. The maximum absolute atomic E-state index is 9.80. The first-order chi connectivity index (χ1) is 9.65. The van der Waals surface area contributed by atoms with Gasteiger partial charge in [-0.15, -0.1) is 0 Å². The van der Waals surface area contributed by atoms with Gasteiger partial charge in [0.2, 0.25) is 0 Å². The van der Waals surface area contributed by atoms with Crippen molar-refractivity contribution in [3.05, 3.63) is 29.8 Å². The summed E-state index contributed by atoms with van der Waals surface area (Å²) in [6, 6.07) is 9.69. The Kier molecular flexibility index (Phi) is 7.66. The van der Waals surface area contributed by atoms with Crippen LogP contribution in [0.5, 0.6) is 0 Å². The Balaban J connectivity index is 2.26. The number of hydrogen-bond acceptors (Lipinski definition) is 5. The van der Waals surface area contributed by atoms with Gasteiger partial charge in [0, 0.05) is 19.3 Å². The minimum atomic E-state index is -0.576. The molecule has 0 amide bonds. The number of anilines is 1. The summed E-state index contributed by atoms with van der Waals surface area (Å²) in [5.41, 5.74) is 1.89. The number of aliphatic hydroxyl groups is 1. The molecule has 5 heteroatoms. The maximum atomic E-state index is 9.80. The zero-order valence-corrected chi connectivity index (χ0v) is 12.0. The predicted molar refractivity (Wildman–Crippen MR) is 77.5 cm³/mol. The average molecular weight is 278 g/mol. The molecule has 0 fully saturated rings. The van der Waals surface area contributed by atoms with Crippen molar-refractivity contribution in [1.82, 2.24) is 0 Å². The zero-order valence-electron chi connectivity index (χ0n) is 12.0. The van der Waals surface area contributed by atoms with Crippen LogP contribution in [0, 0.1) is 11.3 Å². The second kappa shape index (κ2) is 9.32. The van der Waals surface area contributed by atoms with Crippen LogP contribution in [0.1, 0.15) is 12.5 Å². The van der Waals surface area contributed by atoms with Crippen molar-refractivity contribution in [2.45, 2.75) is 25.6 Å². The van der Waals surface area contributed by atoms with Gasteiger partial charge in [-0.1, -0.05) is 12.1 Å². The van der Waals surface area contributed by atoms with Crippen LogP contribution in [0.4, 0.5) is 5.69 Å². The fourth-order valence-electron chi connectivity index (χ4n) is 1.68. The predicted octanol–water partition coefficient (Wildman–Crippen LogP) is 1.58. The van der Waals surface area contributed by atoms with Gasteiger partial charge in [0.25, 0.3) is 0 Å². The minimum Gasteiger partial charge on any atom is -0.389 e. The van der Waals surface area contributed by atoms with E-state index in [2.05, 4.69) is 11.4 Å². The Bertz CT molecular complexity index is 414. The monoisotopic (exact) mass is 278 g/mol. The van der Waals surface area contributed by atoms with E-state index in [1.165, 1.54) is 0 Å². The molecular weight excluding hydrogens is 256 g/mol. The molecule has 0 aromatic heterocycles. The van der Waals surface area contributed by atoms with Gasteiger partial charge in [0.1, 0.15) is 0 Å². The van der Waals surface area contributed by atoms with Gasteiger partial charge in [0.05, 0.1) is 37.9 Å². The summed E-state index contributed by atoms with van der Waals surface area (Å²) in [5, 5.41) is 21.5. The molecule has 0 spiro atoms. The van der Waals surface area contributed by atoms with Crippen LogP contribution >= 0.6 is 0 Å². The average Bonchev–Trinajstić information content (AvgIpc) is 2.45. The third-order valence-corrected chi connectivity index (χ3v) is 2.75. The standard InChI is InChI=1S/C15H22N2O3/c1-12(10-19-2)20-11-15(18)9-17-14-5-3-13(4-6-14)7-8-16/h3-6,12,15,17-18H,7,9-11H2,1-2H3. The van der Waals surface area contributed by atoms with E-state index < -0.39 is 6.10 Å². The Morgan fingerprint density at radius 1 is 1.30 bits per heavy atom. The largest absolute Gasteiger partial charge is 0.389 e. The fraction of sp³-hybridized carbons (Fsp3) is 0.533. The molecule has 0 radical (unpaired) electrons. The molecule has 0 heterocycles. The quantitative estimate of drug-likeness (QED) is 0.717. The third-order valence-electron chi connectivity index (χ3n) is 2.75. The smallest absolute Gasteiger partial charge is 0.0945 e. The molecule has 1 aromatic carbocycles. The van der Waals surface area contributed by atoms with Crippen LogP contribution in [0.25, 0.3) is 0 Å². The summed E-state index contributed by atoms with van der Waals surface area (Å²) >= 11 is 0. The van der Waals surface area contributed by atoms with E-state index in [1.54, 1.807) is 7.11 Å². The molecule has 0 aliphatic rings. The zero-order chi connectivity index (χ0) is 14.8. The van der Waals surface area contributed by atoms with Gasteiger partial charge in [-0.3, -0.25) is 0 Å². The van der Waals surface area contributed by atoms with Crippen molar-refractivity contribution in [3.8, 4) is 6.07 Å². The van der Waals surface area contributed by atoms with Crippen LogP contribution in [-0.2, 0) is 15.9 Å². The lowest BCUT2D eigenvalue weighted by Crippen LogP contribution is -2.28. The first kappa shape index (κ1) is 16.4. The lowest BCUT2D eigenvalue weighted by Gasteiger charge is -2.16. The molecule has 2 N–H and O–H groups in total. The van der Waals surface area contributed by atoms with Gasteiger partial charge >= 0.3 is 0 Å². The molecule has 0 aliphatic heterocycles. The number of benzene rings is 1. The second-order valence-electron chi connectivity index (χ2n) is 4.67. The molecular formula is C15H22N2O3. The van der Waals surface area contributed by atoms with Crippen molar-refractivity contribution in [2.75, 3.05) is 32.2 Å². The molecule has 0 saturated carbocycles. The highest BCUT2D eigenvalue weighted by molar-refractivity contribution is 5.45. The van der Waals surface area contributed by atoms with E-state index in [0.717, 1.165) is 11.3 Å². The number of methoxy groups -OCH3 is 1. The molecule has 0 bridgehead atoms. The first-order valence-electron chi connectivity index (χ1n) is 6.64. The topological polar surface area (TPSA) is 74.5 Å². The number of rotatable bonds is 9. The lowest BCUT2D eigenvalue weighted by atomic mass is 10.1. The van der Waals surface area contributed by atoms with E-state index in [-0.39, 0.29) is 12.7 Å².